The van der Waals surface area contributed by atoms with E-state index in [1.807, 2.05) is 24.3 Å². The minimum Gasteiger partial charge on any atom is -0.355 e. The molecule has 0 unspecified atom stereocenters. The average Bonchev–Trinajstić information content (AvgIpc) is 2.88. The third-order valence-electron chi connectivity index (χ3n) is 7.20. The Balaban J connectivity index is 1.71. The van der Waals surface area contributed by atoms with Crippen LogP contribution in [0.15, 0.2) is 78.9 Å². The lowest BCUT2D eigenvalue weighted by molar-refractivity contribution is -0.617. The van der Waals surface area contributed by atoms with E-state index in [1.54, 1.807) is 0 Å². The van der Waals surface area contributed by atoms with Gasteiger partial charge in [0.15, 0.2) is 5.78 Å². The molecule has 3 nitrogen and oxygen atoms in total. The van der Waals surface area contributed by atoms with E-state index in [2.05, 4.69) is 85.4 Å². The number of hydrogen-bond donors (Lipinski definition) is 1. The third-order valence-corrected chi connectivity index (χ3v) is 7.20. The highest BCUT2D eigenvalue weighted by Gasteiger charge is 2.33. The van der Waals surface area contributed by atoms with Gasteiger partial charge in [0.2, 0.25) is 11.0 Å². The van der Waals surface area contributed by atoms with Gasteiger partial charge < -0.3 is 5.32 Å². The van der Waals surface area contributed by atoms with Gasteiger partial charge in [0.25, 0.3) is 0 Å². The van der Waals surface area contributed by atoms with Gasteiger partial charge in [-0.05, 0) is 53.8 Å². The van der Waals surface area contributed by atoms with E-state index in [1.165, 1.54) is 22.0 Å². The number of carbonyl (C=O) groups excluding carboxylic acids is 1. The first kappa shape index (κ1) is 20.6. The molecule has 166 valence electrons. The van der Waals surface area contributed by atoms with Crippen molar-refractivity contribution in [2.24, 2.45) is 7.05 Å². The Morgan fingerprint density at radius 2 is 1.41 bits per heavy atom. The van der Waals surface area contributed by atoms with Gasteiger partial charge in [0, 0.05) is 28.9 Å². The summed E-state index contributed by atoms with van der Waals surface area (Å²) in [7, 11) is 2.10. The van der Waals surface area contributed by atoms with Crippen molar-refractivity contribution in [2.45, 2.75) is 26.7 Å². The Morgan fingerprint density at radius 1 is 0.735 bits per heavy atom. The molecule has 1 aliphatic rings. The van der Waals surface area contributed by atoms with Crippen molar-refractivity contribution >= 4 is 39.0 Å². The van der Waals surface area contributed by atoms with Crippen LogP contribution in [-0.4, -0.2) is 5.78 Å². The zero-order chi connectivity index (χ0) is 23.4. The number of fused-ring (bicyclic) bond motifs is 4. The maximum Gasteiger partial charge on any atom is 0.214 e. The molecule has 0 saturated heterocycles. The summed E-state index contributed by atoms with van der Waals surface area (Å²) in [6.45, 7) is 4.34. The first-order valence-corrected chi connectivity index (χ1v) is 12.0. The lowest BCUT2D eigenvalue weighted by Gasteiger charge is -2.23. The number of rotatable bonds is 4. The maximum absolute atomic E-state index is 13.9. The molecule has 1 aromatic heterocycles. The SMILES string of the molecule is CCc1ccc(Nc2ccc3c4c2C(=O)c2ccccc2-c4c2cc(CC)ccc2[n+]3C)cc1. The fourth-order valence-corrected chi connectivity index (χ4v) is 5.32. The molecule has 0 atom stereocenters. The predicted molar refractivity (Wildman–Crippen MR) is 140 cm³/mol. The topological polar surface area (TPSA) is 33.0 Å². The number of benzene rings is 4. The molecule has 0 bridgehead atoms. The van der Waals surface area contributed by atoms with E-state index in [0.29, 0.717) is 0 Å². The van der Waals surface area contributed by atoms with Crippen molar-refractivity contribution in [1.82, 2.24) is 0 Å². The van der Waals surface area contributed by atoms with E-state index < -0.39 is 0 Å². The van der Waals surface area contributed by atoms with Gasteiger partial charge in [-0.1, -0.05) is 56.3 Å². The van der Waals surface area contributed by atoms with Crippen LogP contribution < -0.4 is 9.88 Å². The van der Waals surface area contributed by atoms with Crippen LogP contribution in [0.5, 0.6) is 0 Å². The summed E-state index contributed by atoms with van der Waals surface area (Å²) in [6, 6.07) is 27.4. The zero-order valence-corrected chi connectivity index (χ0v) is 19.8. The molecule has 34 heavy (non-hydrogen) atoms. The van der Waals surface area contributed by atoms with E-state index >= 15 is 0 Å². The largest absolute Gasteiger partial charge is 0.355 e. The van der Waals surface area contributed by atoms with Crippen molar-refractivity contribution in [1.29, 1.82) is 0 Å². The Morgan fingerprint density at radius 3 is 2.15 bits per heavy atom. The van der Waals surface area contributed by atoms with Crippen molar-refractivity contribution in [3.63, 3.8) is 0 Å². The summed E-state index contributed by atoms with van der Waals surface area (Å²) in [6.07, 6.45) is 1.98. The molecule has 1 aliphatic carbocycles. The van der Waals surface area contributed by atoms with Crippen molar-refractivity contribution < 1.29 is 9.36 Å². The summed E-state index contributed by atoms with van der Waals surface area (Å²) < 4.78 is 2.22. The zero-order valence-electron chi connectivity index (χ0n) is 19.8. The van der Waals surface area contributed by atoms with E-state index in [0.717, 1.165) is 57.4 Å². The fraction of sp³-hybridized carbons (Fsp3) is 0.161. The number of ketones is 1. The van der Waals surface area contributed by atoms with Gasteiger partial charge in [-0.25, -0.2) is 0 Å². The van der Waals surface area contributed by atoms with E-state index in [9.17, 15) is 4.79 Å². The summed E-state index contributed by atoms with van der Waals surface area (Å²) in [5, 5.41) is 5.77. The molecule has 6 rings (SSSR count). The van der Waals surface area contributed by atoms with Crippen LogP contribution in [0.1, 0.15) is 40.9 Å². The summed E-state index contributed by atoms with van der Waals surface area (Å²) in [5.74, 6) is 0.0763. The quantitative estimate of drug-likeness (QED) is 0.237. The van der Waals surface area contributed by atoms with Crippen LogP contribution in [0.4, 0.5) is 11.4 Å². The Kier molecular flexibility index (Phi) is 4.73. The number of nitrogens with zero attached hydrogens (tertiary/aromatic N) is 1. The van der Waals surface area contributed by atoms with Crippen molar-refractivity contribution in [3.8, 4) is 11.1 Å². The van der Waals surface area contributed by atoms with Gasteiger partial charge in [0.1, 0.15) is 7.05 Å². The number of nitrogens with one attached hydrogen (secondary N) is 1. The number of hydrogen-bond acceptors (Lipinski definition) is 2. The maximum atomic E-state index is 13.9. The molecule has 5 aromatic rings. The lowest BCUT2D eigenvalue weighted by Crippen LogP contribution is -2.32. The second-order valence-corrected chi connectivity index (χ2v) is 9.07. The highest BCUT2D eigenvalue weighted by Crippen LogP contribution is 2.45. The first-order valence-electron chi connectivity index (χ1n) is 12.0. The van der Waals surface area contributed by atoms with Crippen LogP contribution in [0.2, 0.25) is 0 Å². The highest BCUT2D eigenvalue weighted by atomic mass is 16.1. The molecule has 0 saturated carbocycles. The summed E-state index contributed by atoms with van der Waals surface area (Å²) in [5.41, 5.74) is 10.4. The molecule has 3 heteroatoms. The van der Waals surface area contributed by atoms with Gasteiger partial charge in [-0.2, -0.15) is 4.57 Å². The number of pyridine rings is 1. The summed E-state index contributed by atoms with van der Waals surface area (Å²) in [4.78, 5) is 13.9. The molecule has 1 heterocycles. The summed E-state index contributed by atoms with van der Waals surface area (Å²) >= 11 is 0. The Hall–Kier alpha value is -3.98. The number of aryl methyl sites for hydroxylation is 3. The number of aromatic nitrogens is 1. The van der Waals surface area contributed by atoms with Crippen LogP contribution in [0, 0.1) is 0 Å². The van der Waals surface area contributed by atoms with Gasteiger partial charge in [0.05, 0.1) is 22.0 Å². The lowest BCUT2D eigenvalue weighted by atomic mass is 9.81. The van der Waals surface area contributed by atoms with Crippen LogP contribution in [0.3, 0.4) is 0 Å². The van der Waals surface area contributed by atoms with Crippen LogP contribution in [0.25, 0.3) is 32.9 Å². The normalized spacial score (nSPS) is 12.3. The first-order chi connectivity index (χ1) is 16.6. The van der Waals surface area contributed by atoms with Gasteiger partial charge in [-0.3, -0.25) is 4.79 Å². The molecule has 0 spiro atoms. The monoisotopic (exact) mass is 443 g/mol. The number of carbonyl (C=O) groups is 1. The van der Waals surface area contributed by atoms with Gasteiger partial charge in [-0.15, -0.1) is 0 Å². The van der Waals surface area contributed by atoms with E-state index in [-0.39, 0.29) is 5.78 Å². The highest BCUT2D eigenvalue weighted by molar-refractivity contribution is 6.30. The second kappa shape index (κ2) is 7.81. The Bertz CT molecular complexity index is 1610. The molecule has 4 aromatic carbocycles. The molecule has 1 N–H and O–H groups in total. The fourth-order valence-electron chi connectivity index (χ4n) is 5.32. The average molecular weight is 444 g/mol. The van der Waals surface area contributed by atoms with Crippen LogP contribution in [-0.2, 0) is 19.9 Å². The molecule has 0 aliphatic heterocycles. The van der Waals surface area contributed by atoms with Gasteiger partial charge >= 0.3 is 0 Å². The standard InChI is InChI=1S/C31H26N2O/c1-4-19-10-13-21(14-11-19)32-25-15-17-27-30-28(22-8-6-7-9-23(22)31(34)29(25)30)24-18-20(5-2)12-16-26(24)33(27)3/h6-18H,4-5H2,1-3H3/p+1. The van der Waals surface area contributed by atoms with Crippen molar-refractivity contribution in [3.05, 3.63) is 101 Å². The third kappa shape index (κ3) is 2.97. The van der Waals surface area contributed by atoms with E-state index in [4.69, 9.17) is 0 Å². The molecular weight excluding hydrogens is 416 g/mol. The van der Waals surface area contributed by atoms with Crippen molar-refractivity contribution in [2.75, 3.05) is 5.32 Å². The minimum atomic E-state index is 0.0763. The smallest absolute Gasteiger partial charge is 0.214 e. The molecule has 0 amide bonds. The Labute approximate surface area is 199 Å². The predicted octanol–water partition coefficient (Wildman–Crippen LogP) is 6.90. The molecule has 0 fully saturated rings. The second-order valence-electron chi connectivity index (χ2n) is 9.07. The minimum absolute atomic E-state index is 0.0763. The molecule has 0 radical (unpaired) electrons. The number of anilines is 2. The van der Waals surface area contributed by atoms with Crippen LogP contribution >= 0.6 is 0 Å². The molecular formula is C31H27N2O+.